The molecule has 1 heteroatoms. The Bertz CT molecular complexity index is 379. The molecule has 0 aromatic carbocycles. The molecule has 0 aromatic rings. The van der Waals surface area contributed by atoms with Gasteiger partial charge < -0.3 is 0 Å². The number of rotatable bonds is 1. The van der Waals surface area contributed by atoms with Crippen molar-refractivity contribution in [3.63, 3.8) is 0 Å². The average molecular weight is 218 g/mol. The first-order valence-corrected chi connectivity index (χ1v) is 6.69. The summed E-state index contributed by atoms with van der Waals surface area (Å²) >= 11 is 0. The molecule has 4 aliphatic rings. The van der Waals surface area contributed by atoms with Crippen LogP contribution in [-0.2, 0) is 4.79 Å². The second kappa shape index (κ2) is 3.00. The topological polar surface area (TPSA) is 17.1 Å². The Kier molecular flexibility index (Phi) is 1.98. The van der Waals surface area contributed by atoms with Crippen molar-refractivity contribution in [1.29, 1.82) is 0 Å². The van der Waals surface area contributed by atoms with E-state index in [0.717, 1.165) is 17.8 Å². The number of carbonyl (C=O) groups excluding carboxylic acids is 1. The van der Waals surface area contributed by atoms with E-state index in [4.69, 9.17) is 0 Å². The predicted octanol–water partition coefficient (Wildman–Crippen LogP) is 3.45. The first kappa shape index (κ1) is 10.6. The SMILES string of the molecule is CC1=CC(=O)C2C3[C@H](C(C)C)CC[C@@]2(C)[C@H]13. The highest BCUT2D eigenvalue weighted by Crippen LogP contribution is 2.70. The van der Waals surface area contributed by atoms with Crippen LogP contribution in [-0.4, -0.2) is 5.78 Å². The molecule has 0 heterocycles. The summed E-state index contributed by atoms with van der Waals surface area (Å²) in [7, 11) is 0. The van der Waals surface area contributed by atoms with Crippen LogP contribution >= 0.6 is 0 Å². The molecule has 2 saturated carbocycles. The Morgan fingerprint density at radius 2 is 2.06 bits per heavy atom. The lowest BCUT2D eigenvalue weighted by atomic mass is 9.34. The predicted molar refractivity (Wildman–Crippen MR) is 64.9 cm³/mol. The van der Waals surface area contributed by atoms with E-state index in [1.54, 1.807) is 0 Å². The lowest BCUT2D eigenvalue weighted by Crippen LogP contribution is -2.66. The van der Waals surface area contributed by atoms with E-state index < -0.39 is 0 Å². The van der Waals surface area contributed by atoms with Crippen molar-refractivity contribution in [3.8, 4) is 0 Å². The lowest BCUT2D eigenvalue weighted by molar-refractivity contribution is -0.186. The van der Waals surface area contributed by atoms with Gasteiger partial charge in [0, 0.05) is 5.92 Å². The fourth-order valence-corrected chi connectivity index (χ4v) is 5.14. The van der Waals surface area contributed by atoms with Crippen LogP contribution < -0.4 is 0 Å². The molecule has 2 fully saturated rings. The van der Waals surface area contributed by atoms with Crippen LogP contribution in [0.25, 0.3) is 0 Å². The molecule has 0 aromatic heterocycles. The highest BCUT2D eigenvalue weighted by molar-refractivity contribution is 5.96. The standard InChI is InChI=1S/C15H22O/c1-8(2)10-5-6-15(4)13-9(3)7-11(16)14(15)12(10)13/h7-8,10,12-14H,5-6H2,1-4H3/t10-,12?,13+,14?,15-/m0/s1. The van der Waals surface area contributed by atoms with Crippen molar-refractivity contribution in [2.75, 3.05) is 0 Å². The number of hydrogen-bond donors (Lipinski definition) is 0. The van der Waals surface area contributed by atoms with Gasteiger partial charge in [0.15, 0.2) is 5.78 Å². The van der Waals surface area contributed by atoms with E-state index in [1.165, 1.54) is 18.4 Å². The number of ketones is 1. The number of allylic oxidation sites excluding steroid dienone is 2. The molecule has 88 valence electrons. The molecule has 0 amide bonds. The minimum absolute atomic E-state index is 0.325. The van der Waals surface area contributed by atoms with E-state index in [1.807, 2.05) is 6.08 Å². The van der Waals surface area contributed by atoms with E-state index in [-0.39, 0.29) is 0 Å². The van der Waals surface area contributed by atoms with Gasteiger partial charge in [0.2, 0.25) is 0 Å². The van der Waals surface area contributed by atoms with E-state index >= 15 is 0 Å². The van der Waals surface area contributed by atoms with Gasteiger partial charge in [-0.15, -0.1) is 0 Å². The van der Waals surface area contributed by atoms with Gasteiger partial charge in [-0.2, -0.15) is 0 Å². The third-order valence-corrected chi connectivity index (χ3v) is 5.72. The molecule has 5 atom stereocenters. The summed E-state index contributed by atoms with van der Waals surface area (Å²) in [6.07, 6.45) is 4.53. The van der Waals surface area contributed by atoms with Crippen molar-refractivity contribution in [2.45, 2.75) is 40.5 Å². The van der Waals surface area contributed by atoms with Crippen LogP contribution in [0.4, 0.5) is 0 Å². The van der Waals surface area contributed by atoms with Gasteiger partial charge in [-0.1, -0.05) is 26.3 Å². The van der Waals surface area contributed by atoms with Crippen LogP contribution in [0.3, 0.4) is 0 Å². The third-order valence-electron chi connectivity index (χ3n) is 5.72. The maximum Gasteiger partial charge on any atom is 0.159 e. The van der Waals surface area contributed by atoms with Gasteiger partial charge in [0.25, 0.3) is 0 Å². The van der Waals surface area contributed by atoms with Crippen LogP contribution in [0.15, 0.2) is 11.6 Å². The molecule has 2 unspecified atom stereocenters. The third kappa shape index (κ3) is 1.00. The quantitative estimate of drug-likeness (QED) is 0.659. The minimum atomic E-state index is 0.325. The summed E-state index contributed by atoms with van der Waals surface area (Å²) in [5.74, 6) is 3.70. The molecule has 4 aliphatic carbocycles. The smallest absolute Gasteiger partial charge is 0.159 e. The summed E-state index contributed by atoms with van der Waals surface area (Å²) in [5.41, 5.74) is 1.69. The molecule has 16 heavy (non-hydrogen) atoms. The van der Waals surface area contributed by atoms with Crippen molar-refractivity contribution < 1.29 is 4.79 Å². The summed E-state index contributed by atoms with van der Waals surface area (Å²) in [4.78, 5) is 12.2. The van der Waals surface area contributed by atoms with Gasteiger partial charge in [-0.3, -0.25) is 4.79 Å². The highest BCUT2D eigenvalue weighted by atomic mass is 16.1. The molecule has 0 spiro atoms. The van der Waals surface area contributed by atoms with E-state index in [9.17, 15) is 4.79 Å². The summed E-state index contributed by atoms with van der Waals surface area (Å²) in [5, 5.41) is 0. The van der Waals surface area contributed by atoms with Gasteiger partial charge in [0.05, 0.1) is 0 Å². The number of carbonyl (C=O) groups is 1. The molecule has 1 nitrogen and oxygen atoms in total. The largest absolute Gasteiger partial charge is 0.295 e. The van der Waals surface area contributed by atoms with E-state index in [2.05, 4.69) is 27.7 Å². The van der Waals surface area contributed by atoms with Gasteiger partial charge >= 0.3 is 0 Å². The van der Waals surface area contributed by atoms with Crippen molar-refractivity contribution >= 4 is 5.78 Å². The Morgan fingerprint density at radius 1 is 1.38 bits per heavy atom. The van der Waals surface area contributed by atoms with Gasteiger partial charge in [-0.05, 0) is 54.9 Å². The monoisotopic (exact) mass is 218 g/mol. The highest BCUT2D eigenvalue weighted by Gasteiger charge is 2.68. The summed E-state index contributed by atoms with van der Waals surface area (Å²) in [6.45, 7) is 9.17. The van der Waals surface area contributed by atoms with Crippen molar-refractivity contribution in [2.24, 2.45) is 35.0 Å². The summed E-state index contributed by atoms with van der Waals surface area (Å²) < 4.78 is 0. The van der Waals surface area contributed by atoms with Crippen LogP contribution in [0.5, 0.6) is 0 Å². The zero-order valence-corrected chi connectivity index (χ0v) is 10.8. The number of hydrogen-bond acceptors (Lipinski definition) is 1. The van der Waals surface area contributed by atoms with Gasteiger partial charge in [-0.25, -0.2) is 0 Å². The lowest BCUT2D eigenvalue weighted by Gasteiger charge is -2.69. The fourth-order valence-electron chi connectivity index (χ4n) is 5.14. The molecule has 4 bridgehead atoms. The Morgan fingerprint density at radius 3 is 2.62 bits per heavy atom. The molecule has 0 saturated heterocycles. The maximum absolute atomic E-state index is 12.2. The second-order valence-electron chi connectivity index (χ2n) is 6.78. The first-order chi connectivity index (χ1) is 7.47. The van der Waals surface area contributed by atoms with Crippen molar-refractivity contribution in [3.05, 3.63) is 11.6 Å². The Balaban J connectivity index is 2.02. The molecule has 0 aliphatic heterocycles. The molecule has 0 N–H and O–H groups in total. The number of fused-ring (bicyclic) bond motifs is 1. The average Bonchev–Trinajstić information content (AvgIpc) is 2.15. The second-order valence-corrected chi connectivity index (χ2v) is 6.78. The zero-order valence-electron chi connectivity index (χ0n) is 10.8. The van der Waals surface area contributed by atoms with E-state index in [0.29, 0.717) is 23.0 Å². The van der Waals surface area contributed by atoms with Gasteiger partial charge in [0.1, 0.15) is 0 Å². The Labute approximate surface area is 98.3 Å². The fraction of sp³-hybridized carbons (Fsp3) is 0.800. The summed E-state index contributed by atoms with van der Waals surface area (Å²) in [6, 6.07) is 0. The van der Waals surface area contributed by atoms with Crippen molar-refractivity contribution in [1.82, 2.24) is 0 Å². The molecule has 0 radical (unpaired) electrons. The first-order valence-electron chi connectivity index (χ1n) is 6.69. The molecular formula is C15H22O. The van der Waals surface area contributed by atoms with Crippen LogP contribution in [0.1, 0.15) is 40.5 Å². The minimum Gasteiger partial charge on any atom is -0.295 e. The normalized spacial score (nSPS) is 50.1. The van der Waals surface area contributed by atoms with Crippen LogP contribution in [0.2, 0.25) is 0 Å². The van der Waals surface area contributed by atoms with Crippen LogP contribution in [0, 0.1) is 35.0 Å². The molecule has 4 rings (SSSR count). The molecular weight excluding hydrogens is 196 g/mol. The zero-order chi connectivity index (χ0) is 11.7. The Hall–Kier alpha value is -0.590. The maximum atomic E-state index is 12.2.